The summed E-state index contributed by atoms with van der Waals surface area (Å²) < 4.78 is 4.17. The highest BCUT2D eigenvalue weighted by Crippen LogP contribution is 2.10. The zero-order valence-electron chi connectivity index (χ0n) is 6.86. The molecular formula is C7H9NO5. The molecule has 0 atom stereocenters. The van der Waals surface area contributed by atoms with E-state index in [0.717, 1.165) is 4.90 Å². The number of ether oxygens (including phenoxy) is 1. The highest BCUT2D eigenvalue weighted by molar-refractivity contribution is 6.01. The first kappa shape index (κ1) is 9.50. The number of amides is 2. The largest absolute Gasteiger partial charge is 0.505 e. The van der Waals surface area contributed by atoms with Crippen LogP contribution in [0.2, 0.25) is 0 Å². The average Bonchev–Trinajstić information content (AvgIpc) is 2.34. The smallest absolute Gasteiger partial charge is 0.450 e. The molecule has 1 saturated heterocycles. The van der Waals surface area contributed by atoms with Crippen molar-refractivity contribution >= 4 is 18.0 Å². The molecule has 0 aliphatic carbocycles. The Morgan fingerprint density at radius 3 is 2.38 bits per heavy atom. The number of hydrogen-bond acceptors (Lipinski definition) is 4. The molecule has 1 rings (SSSR count). The Hall–Kier alpha value is -1.59. The summed E-state index contributed by atoms with van der Waals surface area (Å²) in [4.78, 5) is 32.9. The van der Waals surface area contributed by atoms with Crippen LogP contribution in [0.25, 0.3) is 0 Å². The minimum absolute atomic E-state index is 0.0178. The Morgan fingerprint density at radius 1 is 1.38 bits per heavy atom. The maximum absolute atomic E-state index is 11.0. The quantitative estimate of drug-likeness (QED) is 0.489. The summed E-state index contributed by atoms with van der Waals surface area (Å²) in [6.45, 7) is -0.142. The van der Waals surface area contributed by atoms with Crippen molar-refractivity contribution in [2.75, 3.05) is 13.2 Å². The van der Waals surface area contributed by atoms with Crippen LogP contribution < -0.4 is 0 Å². The van der Waals surface area contributed by atoms with Gasteiger partial charge in [0.2, 0.25) is 11.8 Å². The normalized spacial score (nSPS) is 16.5. The van der Waals surface area contributed by atoms with Crippen molar-refractivity contribution in [3.63, 3.8) is 0 Å². The summed E-state index contributed by atoms with van der Waals surface area (Å²) in [6, 6.07) is 0. The Morgan fingerprint density at radius 2 is 1.92 bits per heavy atom. The second-order valence-corrected chi connectivity index (χ2v) is 2.55. The Balaban J connectivity index is 2.31. The molecule has 2 amide bonds. The molecule has 0 bridgehead atoms. The summed E-state index contributed by atoms with van der Waals surface area (Å²) >= 11 is 0. The molecule has 6 heteroatoms. The SMILES string of the molecule is O=C(O)OCCN1C(=O)CCC1=O. The molecule has 1 heterocycles. The Labute approximate surface area is 74.1 Å². The lowest BCUT2D eigenvalue weighted by Gasteiger charge is -2.12. The molecule has 0 radical (unpaired) electrons. The highest BCUT2D eigenvalue weighted by atomic mass is 16.7. The van der Waals surface area contributed by atoms with Crippen molar-refractivity contribution < 1.29 is 24.2 Å². The molecule has 0 spiro atoms. The van der Waals surface area contributed by atoms with Crippen molar-refractivity contribution in [2.45, 2.75) is 12.8 Å². The number of rotatable bonds is 3. The number of carbonyl (C=O) groups excluding carboxylic acids is 2. The maximum Gasteiger partial charge on any atom is 0.505 e. The molecule has 13 heavy (non-hydrogen) atoms. The van der Waals surface area contributed by atoms with Crippen molar-refractivity contribution in [1.82, 2.24) is 4.90 Å². The zero-order valence-corrected chi connectivity index (χ0v) is 6.86. The third kappa shape index (κ3) is 2.43. The lowest BCUT2D eigenvalue weighted by molar-refractivity contribution is -0.139. The molecule has 0 saturated carbocycles. The molecule has 0 aromatic heterocycles. The molecular weight excluding hydrogens is 178 g/mol. The van der Waals surface area contributed by atoms with Crippen molar-refractivity contribution in [2.24, 2.45) is 0 Å². The molecule has 0 aromatic carbocycles. The molecule has 72 valence electrons. The predicted octanol–water partition coefficient (Wildman–Crippen LogP) is -0.170. The van der Waals surface area contributed by atoms with Gasteiger partial charge in [-0.25, -0.2) is 4.79 Å². The van der Waals surface area contributed by atoms with Crippen LogP contribution in [0.15, 0.2) is 0 Å². The van der Waals surface area contributed by atoms with Gasteiger partial charge in [-0.1, -0.05) is 0 Å². The third-order valence-electron chi connectivity index (χ3n) is 1.70. The first-order valence-electron chi connectivity index (χ1n) is 3.80. The summed E-state index contributed by atoms with van der Waals surface area (Å²) in [7, 11) is 0. The van der Waals surface area contributed by atoms with Gasteiger partial charge in [0.05, 0.1) is 6.54 Å². The van der Waals surface area contributed by atoms with Crippen LogP contribution in [-0.2, 0) is 14.3 Å². The van der Waals surface area contributed by atoms with Crippen LogP contribution in [0.3, 0.4) is 0 Å². The highest BCUT2D eigenvalue weighted by Gasteiger charge is 2.28. The van der Waals surface area contributed by atoms with E-state index < -0.39 is 6.16 Å². The third-order valence-corrected chi connectivity index (χ3v) is 1.70. The van der Waals surface area contributed by atoms with E-state index in [0.29, 0.717) is 0 Å². The second-order valence-electron chi connectivity index (χ2n) is 2.55. The standard InChI is InChI=1S/C7H9NO5/c9-5-1-2-6(10)8(5)3-4-13-7(11)12/h1-4H2,(H,11,12). The minimum Gasteiger partial charge on any atom is -0.450 e. The van der Waals surface area contributed by atoms with Crippen LogP contribution >= 0.6 is 0 Å². The van der Waals surface area contributed by atoms with Gasteiger partial charge < -0.3 is 9.84 Å². The Bertz CT molecular complexity index is 233. The van der Waals surface area contributed by atoms with Crippen molar-refractivity contribution in [3.8, 4) is 0 Å². The van der Waals surface area contributed by atoms with Crippen LogP contribution in [0.4, 0.5) is 4.79 Å². The summed E-state index contributed by atoms with van der Waals surface area (Å²) in [5.74, 6) is -0.530. The number of imide groups is 1. The average molecular weight is 187 g/mol. The minimum atomic E-state index is -1.40. The fourth-order valence-electron chi connectivity index (χ4n) is 1.10. The monoisotopic (exact) mass is 187 g/mol. The van der Waals surface area contributed by atoms with Gasteiger partial charge in [-0.15, -0.1) is 0 Å². The van der Waals surface area contributed by atoms with Crippen LogP contribution in [0, 0.1) is 0 Å². The maximum atomic E-state index is 11.0. The molecule has 1 aliphatic rings. The first-order chi connectivity index (χ1) is 6.11. The van der Waals surface area contributed by atoms with E-state index in [4.69, 9.17) is 5.11 Å². The number of carboxylic acid groups (broad SMARTS) is 1. The molecule has 0 unspecified atom stereocenters. The number of carbonyl (C=O) groups is 3. The van der Waals surface area contributed by atoms with Gasteiger partial charge >= 0.3 is 6.16 Å². The second kappa shape index (κ2) is 3.88. The number of hydrogen-bond donors (Lipinski definition) is 1. The van der Waals surface area contributed by atoms with E-state index in [9.17, 15) is 14.4 Å². The van der Waals surface area contributed by atoms with Crippen molar-refractivity contribution in [3.05, 3.63) is 0 Å². The number of likely N-dealkylation sites (tertiary alicyclic amines) is 1. The van der Waals surface area contributed by atoms with E-state index in [2.05, 4.69) is 4.74 Å². The molecule has 1 aliphatic heterocycles. The molecule has 1 N–H and O–H groups in total. The Kier molecular flexibility index (Phi) is 2.84. The van der Waals surface area contributed by atoms with Gasteiger partial charge in [-0.2, -0.15) is 0 Å². The predicted molar refractivity (Wildman–Crippen MR) is 39.9 cm³/mol. The van der Waals surface area contributed by atoms with Gasteiger partial charge in [0.15, 0.2) is 0 Å². The van der Waals surface area contributed by atoms with E-state index in [-0.39, 0.29) is 37.8 Å². The first-order valence-corrected chi connectivity index (χ1v) is 3.80. The fourth-order valence-corrected chi connectivity index (χ4v) is 1.10. The van der Waals surface area contributed by atoms with E-state index in [1.54, 1.807) is 0 Å². The van der Waals surface area contributed by atoms with Crippen LogP contribution in [0.5, 0.6) is 0 Å². The summed E-state index contributed by atoms with van der Waals surface area (Å²) in [5.41, 5.74) is 0. The van der Waals surface area contributed by atoms with E-state index in [1.807, 2.05) is 0 Å². The van der Waals surface area contributed by atoms with Gasteiger partial charge in [0.1, 0.15) is 6.61 Å². The number of nitrogens with zero attached hydrogens (tertiary/aromatic N) is 1. The van der Waals surface area contributed by atoms with Gasteiger partial charge in [-0.3, -0.25) is 14.5 Å². The topological polar surface area (TPSA) is 83.9 Å². The lowest BCUT2D eigenvalue weighted by Crippen LogP contribution is -2.32. The van der Waals surface area contributed by atoms with E-state index in [1.165, 1.54) is 0 Å². The van der Waals surface area contributed by atoms with Crippen LogP contribution in [0.1, 0.15) is 12.8 Å². The van der Waals surface area contributed by atoms with Gasteiger partial charge in [0.25, 0.3) is 0 Å². The van der Waals surface area contributed by atoms with Gasteiger partial charge in [0, 0.05) is 12.8 Å². The molecule has 1 fully saturated rings. The zero-order chi connectivity index (χ0) is 9.84. The van der Waals surface area contributed by atoms with Crippen LogP contribution in [-0.4, -0.2) is 41.1 Å². The molecule has 6 nitrogen and oxygen atoms in total. The lowest BCUT2D eigenvalue weighted by atomic mass is 10.4. The van der Waals surface area contributed by atoms with Gasteiger partial charge in [-0.05, 0) is 0 Å². The molecule has 0 aromatic rings. The summed E-state index contributed by atoms with van der Waals surface area (Å²) in [6.07, 6.45) is -0.975. The van der Waals surface area contributed by atoms with Crippen molar-refractivity contribution in [1.29, 1.82) is 0 Å². The van der Waals surface area contributed by atoms with E-state index >= 15 is 0 Å². The summed E-state index contributed by atoms with van der Waals surface area (Å²) in [5, 5.41) is 8.11. The fraction of sp³-hybridized carbons (Fsp3) is 0.571.